The molecule has 2 aromatic carbocycles. The number of fused-ring (bicyclic) bond motifs is 1. The Kier molecular flexibility index (Phi) is 6.30. The fourth-order valence-electron chi connectivity index (χ4n) is 4.12. The summed E-state index contributed by atoms with van der Waals surface area (Å²) in [4.78, 5) is 13.0. The molecule has 3 aromatic rings. The van der Waals surface area contributed by atoms with E-state index in [1.165, 1.54) is 4.31 Å². The molecule has 0 spiro atoms. The van der Waals surface area contributed by atoms with Gasteiger partial charge in [0.1, 0.15) is 5.52 Å². The third kappa shape index (κ3) is 4.40. The average Bonchev–Trinajstić information content (AvgIpc) is 3.22. The van der Waals surface area contributed by atoms with Crippen LogP contribution in [0.3, 0.4) is 0 Å². The minimum absolute atomic E-state index is 0.108. The Morgan fingerprint density at radius 2 is 2.00 bits per heavy atom. The van der Waals surface area contributed by atoms with E-state index in [1.54, 1.807) is 22.9 Å². The Balaban J connectivity index is 1.47. The van der Waals surface area contributed by atoms with Gasteiger partial charge in [0, 0.05) is 25.7 Å². The summed E-state index contributed by atoms with van der Waals surface area (Å²) in [6.07, 6.45) is 1.32. The van der Waals surface area contributed by atoms with Gasteiger partial charge < -0.3 is 5.32 Å². The van der Waals surface area contributed by atoms with Crippen LogP contribution in [0.4, 0.5) is 0 Å². The predicted octanol–water partition coefficient (Wildman–Crippen LogP) is 3.04. The maximum absolute atomic E-state index is 13.3. The Bertz CT molecular complexity index is 1240. The quantitative estimate of drug-likeness (QED) is 0.616. The van der Waals surface area contributed by atoms with E-state index in [4.69, 9.17) is 0 Å². The molecule has 1 atom stereocenters. The number of aromatic nitrogens is 3. The van der Waals surface area contributed by atoms with Gasteiger partial charge in [-0.1, -0.05) is 29.5 Å². The number of amides is 1. The molecule has 0 bridgehead atoms. The number of benzene rings is 2. The number of nitrogens with one attached hydrogen (secondary N) is 1. The molecule has 32 heavy (non-hydrogen) atoms. The molecular weight excluding hydrogens is 426 g/mol. The zero-order valence-corrected chi connectivity index (χ0v) is 19.5. The van der Waals surface area contributed by atoms with Crippen LogP contribution in [0.25, 0.3) is 11.0 Å². The lowest BCUT2D eigenvalue weighted by molar-refractivity contribution is -0.126. The molecule has 1 aliphatic heterocycles. The van der Waals surface area contributed by atoms with E-state index in [0.717, 1.165) is 16.6 Å². The molecule has 0 aliphatic carbocycles. The second-order valence-corrected chi connectivity index (χ2v) is 10.6. The van der Waals surface area contributed by atoms with Gasteiger partial charge in [-0.3, -0.25) is 4.79 Å². The molecule has 1 N–H and O–H groups in total. The summed E-state index contributed by atoms with van der Waals surface area (Å²) in [6, 6.07) is 12.9. The first-order valence-electron chi connectivity index (χ1n) is 10.9. The van der Waals surface area contributed by atoms with Gasteiger partial charge >= 0.3 is 0 Å². The van der Waals surface area contributed by atoms with Crippen molar-refractivity contribution >= 4 is 27.0 Å². The molecule has 1 fully saturated rings. The number of rotatable bonds is 6. The SMILES string of the molecule is Cc1ccccc1CNC(=O)[C@@H]1CCCN(S(=O)(=O)c2ccc3c(c2)nnn3C(C)C)C1. The van der Waals surface area contributed by atoms with Gasteiger partial charge in [-0.05, 0) is 62.9 Å². The van der Waals surface area contributed by atoms with E-state index in [0.29, 0.717) is 31.4 Å². The monoisotopic (exact) mass is 455 g/mol. The summed E-state index contributed by atoms with van der Waals surface area (Å²) in [5.41, 5.74) is 3.52. The van der Waals surface area contributed by atoms with Crippen molar-refractivity contribution in [2.45, 2.75) is 51.1 Å². The van der Waals surface area contributed by atoms with E-state index >= 15 is 0 Å². The molecule has 1 aliphatic rings. The molecule has 0 saturated carbocycles. The second-order valence-electron chi connectivity index (χ2n) is 8.62. The van der Waals surface area contributed by atoms with Crippen LogP contribution < -0.4 is 5.32 Å². The van der Waals surface area contributed by atoms with Crippen LogP contribution in [-0.4, -0.2) is 46.7 Å². The molecule has 8 nitrogen and oxygen atoms in total. The largest absolute Gasteiger partial charge is 0.352 e. The molecular formula is C23H29N5O3S. The van der Waals surface area contributed by atoms with Gasteiger partial charge in [0.2, 0.25) is 15.9 Å². The van der Waals surface area contributed by atoms with Crippen LogP contribution in [0.2, 0.25) is 0 Å². The molecule has 1 amide bonds. The fourth-order valence-corrected chi connectivity index (χ4v) is 5.67. The van der Waals surface area contributed by atoms with Crippen molar-refractivity contribution in [3.05, 3.63) is 53.6 Å². The smallest absolute Gasteiger partial charge is 0.243 e. The molecule has 0 radical (unpaired) electrons. The lowest BCUT2D eigenvalue weighted by Crippen LogP contribution is -2.45. The molecule has 170 valence electrons. The number of nitrogens with zero attached hydrogens (tertiary/aromatic N) is 4. The van der Waals surface area contributed by atoms with E-state index < -0.39 is 10.0 Å². The standard InChI is InChI=1S/C23H29N5O3S/c1-16(2)28-22-11-10-20(13-21(22)25-26-28)32(30,31)27-12-6-9-19(15-27)23(29)24-14-18-8-5-4-7-17(18)3/h4-5,7-8,10-11,13,16,19H,6,9,12,14-15H2,1-3H3,(H,24,29)/t19-/m1/s1. The highest BCUT2D eigenvalue weighted by Gasteiger charge is 2.33. The van der Waals surface area contributed by atoms with Crippen LogP contribution in [-0.2, 0) is 21.4 Å². The molecule has 1 aromatic heterocycles. The maximum Gasteiger partial charge on any atom is 0.243 e. The zero-order valence-electron chi connectivity index (χ0n) is 18.7. The molecule has 1 saturated heterocycles. The summed E-state index contributed by atoms with van der Waals surface area (Å²) in [5.74, 6) is -0.475. The third-order valence-electron chi connectivity index (χ3n) is 6.04. The van der Waals surface area contributed by atoms with Crippen molar-refractivity contribution in [3.8, 4) is 0 Å². The number of piperidine rings is 1. The van der Waals surface area contributed by atoms with Crippen LogP contribution in [0.15, 0.2) is 47.4 Å². The second kappa shape index (κ2) is 8.99. The number of hydrogen-bond donors (Lipinski definition) is 1. The zero-order chi connectivity index (χ0) is 22.9. The van der Waals surface area contributed by atoms with Crippen molar-refractivity contribution < 1.29 is 13.2 Å². The van der Waals surface area contributed by atoms with Gasteiger partial charge in [-0.15, -0.1) is 5.10 Å². The van der Waals surface area contributed by atoms with Crippen molar-refractivity contribution in [2.75, 3.05) is 13.1 Å². The Labute approximate surface area is 188 Å². The van der Waals surface area contributed by atoms with Crippen LogP contribution in [0, 0.1) is 12.8 Å². The molecule has 0 unspecified atom stereocenters. The number of sulfonamides is 1. The highest BCUT2D eigenvalue weighted by molar-refractivity contribution is 7.89. The Hall–Kier alpha value is -2.78. The summed E-state index contributed by atoms with van der Waals surface area (Å²) in [7, 11) is -3.73. The van der Waals surface area contributed by atoms with Crippen LogP contribution >= 0.6 is 0 Å². The fraction of sp³-hybridized carbons (Fsp3) is 0.435. The lowest BCUT2D eigenvalue weighted by atomic mass is 9.98. The summed E-state index contributed by atoms with van der Waals surface area (Å²) < 4.78 is 29.8. The average molecular weight is 456 g/mol. The van der Waals surface area contributed by atoms with Crippen LogP contribution in [0.5, 0.6) is 0 Å². The van der Waals surface area contributed by atoms with E-state index in [2.05, 4.69) is 15.6 Å². The lowest BCUT2D eigenvalue weighted by Gasteiger charge is -2.31. The first kappa shape index (κ1) is 22.4. The van der Waals surface area contributed by atoms with Gasteiger partial charge in [-0.25, -0.2) is 13.1 Å². The van der Waals surface area contributed by atoms with E-state index in [1.807, 2.05) is 45.0 Å². The number of carbonyl (C=O) groups excluding carboxylic acids is 1. The van der Waals surface area contributed by atoms with Crippen molar-refractivity contribution in [1.82, 2.24) is 24.6 Å². The highest BCUT2D eigenvalue weighted by Crippen LogP contribution is 2.26. The first-order valence-corrected chi connectivity index (χ1v) is 12.4. The Morgan fingerprint density at radius 1 is 1.22 bits per heavy atom. The molecule has 2 heterocycles. The van der Waals surface area contributed by atoms with Crippen molar-refractivity contribution in [1.29, 1.82) is 0 Å². The normalized spacial score (nSPS) is 17.7. The van der Waals surface area contributed by atoms with Gasteiger partial charge in [-0.2, -0.15) is 4.31 Å². The predicted molar refractivity (Wildman–Crippen MR) is 122 cm³/mol. The first-order chi connectivity index (χ1) is 15.3. The molecule has 4 rings (SSSR count). The van der Waals surface area contributed by atoms with E-state index in [9.17, 15) is 13.2 Å². The van der Waals surface area contributed by atoms with Gasteiger partial charge in [0.25, 0.3) is 0 Å². The van der Waals surface area contributed by atoms with Crippen molar-refractivity contribution in [2.24, 2.45) is 5.92 Å². The minimum Gasteiger partial charge on any atom is -0.352 e. The summed E-state index contributed by atoms with van der Waals surface area (Å²) >= 11 is 0. The highest BCUT2D eigenvalue weighted by atomic mass is 32.2. The molecule has 9 heteroatoms. The van der Waals surface area contributed by atoms with Crippen molar-refractivity contribution in [3.63, 3.8) is 0 Å². The van der Waals surface area contributed by atoms with Crippen LogP contribution in [0.1, 0.15) is 43.9 Å². The minimum atomic E-state index is -3.73. The number of aryl methyl sites for hydroxylation is 1. The summed E-state index contributed by atoms with van der Waals surface area (Å²) in [5, 5.41) is 11.2. The third-order valence-corrected chi connectivity index (χ3v) is 7.90. The summed E-state index contributed by atoms with van der Waals surface area (Å²) in [6.45, 7) is 7.02. The topological polar surface area (TPSA) is 97.2 Å². The Morgan fingerprint density at radius 3 is 2.75 bits per heavy atom. The van der Waals surface area contributed by atoms with Gasteiger partial charge in [0.15, 0.2) is 0 Å². The van der Waals surface area contributed by atoms with Gasteiger partial charge in [0.05, 0.1) is 16.3 Å². The number of hydrogen-bond acceptors (Lipinski definition) is 5. The number of carbonyl (C=O) groups is 1. The maximum atomic E-state index is 13.3. The van der Waals surface area contributed by atoms with E-state index in [-0.39, 0.29) is 29.3 Å².